The molecular formula is C13H23NS. The topological polar surface area (TPSA) is 3.24 Å². The van der Waals surface area contributed by atoms with E-state index in [0.717, 1.165) is 22.6 Å². The zero-order valence-corrected chi connectivity index (χ0v) is 10.6. The summed E-state index contributed by atoms with van der Waals surface area (Å²) in [5.74, 6) is 0. The maximum atomic E-state index is 2.77. The molecular weight excluding hydrogens is 202 g/mol. The summed E-state index contributed by atoms with van der Waals surface area (Å²) in [6.45, 7) is 0. The lowest BCUT2D eigenvalue weighted by Gasteiger charge is -2.51. The average Bonchev–Trinajstić information content (AvgIpc) is 2.30. The van der Waals surface area contributed by atoms with Crippen LogP contribution < -0.4 is 0 Å². The first kappa shape index (κ1) is 10.5. The van der Waals surface area contributed by atoms with Gasteiger partial charge in [0.1, 0.15) is 0 Å². The van der Waals surface area contributed by atoms with Gasteiger partial charge in [0, 0.05) is 22.6 Å². The minimum Gasteiger partial charge on any atom is -0.298 e. The highest BCUT2D eigenvalue weighted by atomic mass is 32.2. The summed E-state index contributed by atoms with van der Waals surface area (Å²) in [7, 11) is 2.41. The Morgan fingerprint density at radius 1 is 0.800 bits per heavy atom. The largest absolute Gasteiger partial charge is 0.298 e. The molecule has 0 N–H and O–H groups in total. The van der Waals surface area contributed by atoms with Gasteiger partial charge in [0.05, 0.1) is 0 Å². The van der Waals surface area contributed by atoms with E-state index < -0.39 is 0 Å². The summed E-state index contributed by atoms with van der Waals surface area (Å²) in [5.41, 5.74) is 0. The molecule has 1 nitrogen and oxygen atoms in total. The molecule has 3 rings (SSSR count). The molecule has 0 aromatic carbocycles. The van der Waals surface area contributed by atoms with Crippen molar-refractivity contribution in [2.45, 2.75) is 74.0 Å². The van der Waals surface area contributed by atoms with Crippen LogP contribution in [0, 0.1) is 0 Å². The molecule has 0 aromatic rings. The molecule has 15 heavy (non-hydrogen) atoms. The molecule has 0 bridgehead atoms. The van der Waals surface area contributed by atoms with Gasteiger partial charge in [-0.15, -0.1) is 0 Å². The van der Waals surface area contributed by atoms with Crippen molar-refractivity contribution in [1.82, 2.24) is 4.90 Å². The van der Waals surface area contributed by atoms with Crippen LogP contribution in [0.2, 0.25) is 0 Å². The molecule has 3 aliphatic rings. The lowest BCUT2D eigenvalue weighted by molar-refractivity contribution is 0.107. The highest BCUT2D eigenvalue weighted by Gasteiger charge is 2.42. The van der Waals surface area contributed by atoms with Crippen LogP contribution in [0.15, 0.2) is 0 Å². The molecule has 2 saturated carbocycles. The van der Waals surface area contributed by atoms with Crippen molar-refractivity contribution in [1.29, 1.82) is 0 Å². The first-order chi connectivity index (χ1) is 7.36. The quantitative estimate of drug-likeness (QED) is 0.622. The SMILES string of the molecule is CN1[C@@H]2CCCC[C@@H]2S[C@H]2CCCC[C@H]21. The fraction of sp³-hybridized carbons (Fsp3) is 1.00. The van der Waals surface area contributed by atoms with Gasteiger partial charge >= 0.3 is 0 Å². The van der Waals surface area contributed by atoms with Crippen LogP contribution >= 0.6 is 11.8 Å². The Morgan fingerprint density at radius 3 is 1.80 bits per heavy atom. The number of thioether (sulfide) groups is 1. The Hall–Kier alpha value is 0.310. The number of hydrogen-bond donors (Lipinski definition) is 0. The summed E-state index contributed by atoms with van der Waals surface area (Å²) in [6.07, 6.45) is 11.8. The molecule has 4 atom stereocenters. The van der Waals surface area contributed by atoms with E-state index in [9.17, 15) is 0 Å². The maximum absolute atomic E-state index is 2.77. The van der Waals surface area contributed by atoms with Gasteiger partial charge in [-0.3, -0.25) is 4.90 Å². The van der Waals surface area contributed by atoms with Crippen molar-refractivity contribution in [2.24, 2.45) is 0 Å². The van der Waals surface area contributed by atoms with Crippen molar-refractivity contribution in [3.8, 4) is 0 Å². The fourth-order valence-electron chi connectivity index (χ4n) is 3.87. The van der Waals surface area contributed by atoms with Gasteiger partial charge < -0.3 is 0 Å². The Bertz CT molecular complexity index is 209. The summed E-state index contributed by atoms with van der Waals surface area (Å²) in [6, 6.07) is 1.84. The fourth-order valence-corrected chi connectivity index (χ4v) is 5.95. The molecule has 0 aromatic heterocycles. The van der Waals surface area contributed by atoms with E-state index in [0.29, 0.717) is 0 Å². The van der Waals surface area contributed by atoms with E-state index in [1.807, 2.05) is 0 Å². The molecule has 2 aliphatic carbocycles. The first-order valence-electron chi connectivity index (χ1n) is 6.73. The first-order valence-corrected chi connectivity index (χ1v) is 7.68. The zero-order chi connectivity index (χ0) is 10.3. The molecule has 2 heteroatoms. The van der Waals surface area contributed by atoms with Crippen LogP contribution in [-0.2, 0) is 0 Å². The van der Waals surface area contributed by atoms with Crippen LogP contribution in [0.3, 0.4) is 0 Å². The minimum atomic E-state index is 0.920. The second-order valence-electron chi connectivity index (χ2n) is 5.58. The summed E-state index contributed by atoms with van der Waals surface area (Å²) in [5, 5.41) is 1.95. The van der Waals surface area contributed by atoms with Crippen molar-refractivity contribution in [2.75, 3.05) is 7.05 Å². The van der Waals surface area contributed by atoms with Gasteiger partial charge in [0.15, 0.2) is 0 Å². The third kappa shape index (κ3) is 1.84. The van der Waals surface area contributed by atoms with Crippen molar-refractivity contribution < 1.29 is 0 Å². The van der Waals surface area contributed by atoms with Crippen LogP contribution in [-0.4, -0.2) is 34.5 Å². The third-order valence-electron chi connectivity index (χ3n) is 4.73. The minimum absolute atomic E-state index is 0.920. The van der Waals surface area contributed by atoms with E-state index in [-0.39, 0.29) is 0 Å². The molecule has 0 radical (unpaired) electrons. The van der Waals surface area contributed by atoms with Gasteiger partial charge in [-0.25, -0.2) is 0 Å². The van der Waals surface area contributed by atoms with Crippen molar-refractivity contribution in [3.63, 3.8) is 0 Å². The monoisotopic (exact) mass is 225 g/mol. The van der Waals surface area contributed by atoms with Crippen molar-refractivity contribution >= 4 is 11.8 Å². The number of rotatable bonds is 0. The Kier molecular flexibility index (Phi) is 2.99. The van der Waals surface area contributed by atoms with E-state index in [2.05, 4.69) is 23.7 Å². The van der Waals surface area contributed by atoms with Crippen LogP contribution in [0.1, 0.15) is 51.4 Å². The summed E-state index contributed by atoms with van der Waals surface area (Å²) in [4.78, 5) is 2.77. The third-order valence-corrected chi connectivity index (χ3v) is 6.53. The second-order valence-corrected chi connectivity index (χ2v) is 7.07. The van der Waals surface area contributed by atoms with E-state index >= 15 is 0 Å². The molecule has 86 valence electrons. The van der Waals surface area contributed by atoms with Crippen LogP contribution in [0.4, 0.5) is 0 Å². The van der Waals surface area contributed by atoms with Gasteiger partial charge in [0.25, 0.3) is 0 Å². The second kappa shape index (κ2) is 4.29. The number of hydrogen-bond acceptors (Lipinski definition) is 2. The molecule has 1 saturated heterocycles. The van der Waals surface area contributed by atoms with Crippen molar-refractivity contribution in [3.05, 3.63) is 0 Å². The molecule has 1 aliphatic heterocycles. The zero-order valence-electron chi connectivity index (χ0n) is 9.82. The highest BCUT2D eigenvalue weighted by Crippen LogP contribution is 2.45. The predicted molar refractivity (Wildman–Crippen MR) is 67.4 cm³/mol. The van der Waals surface area contributed by atoms with Gasteiger partial charge in [0.2, 0.25) is 0 Å². The van der Waals surface area contributed by atoms with Crippen LogP contribution in [0.5, 0.6) is 0 Å². The van der Waals surface area contributed by atoms with E-state index in [1.165, 1.54) is 51.4 Å². The lowest BCUT2D eigenvalue weighted by Crippen LogP contribution is -2.56. The number of fused-ring (bicyclic) bond motifs is 2. The maximum Gasteiger partial charge on any atom is 0.0215 e. The van der Waals surface area contributed by atoms with E-state index in [1.54, 1.807) is 0 Å². The highest BCUT2D eigenvalue weighted by molar-refractivity contribution is 8.00. The molecule has 0 amide bonds. The molecule has 3 fully saturated rings. The molecule has 1 heterocycles. The Balaban J connectivity index is 1.76. The summed E-state index contributed by atoms with van der Waals surface area (Å²) < 4.78 is 0. The normalized spacial score (nSPS) is 47.0. The van der Waals surface area contributed by atoms with E-state index in [4.69, 9.17) is 0 Å². The smallest absolute Gasteiger partial charge is 0.0215 e. The molecule has 0 unspecified atom stereocenters. The Labute approximate surface area is 98.0 Å². The van der Waals surface area contributed by atoms with Gasteiger partial charge in [-0.2, -0.15) is 11.8 Å². The molecule has 0 spiro atoms. The van der Waals surface area contributed by atoms with Gasteiger partial charge in [-0.1, -0.05) is 25.7 Å². The predicted octanol–water partition coefficient (Wildman–Crippen LogP) is 3.29. The van der Waals surface area contributed by atoms with Crippen LogP contribution in [0.25, 0.3) is 0 Å². The average molecular weight is 225 g/mol. The standard InChI is InChI=1S/C13H23NS/c1-14-10-6-2-4-8-12(10)15-13-9-5-3-7-11(13)14/h10-13H,2-9H2,1H3/t10-,11-,12+,13+/m1/s1. The van der Waals surface area contributed by atoms with Gasteiger partial charge in [-0.05, 0) is 32.7 Å². The Morgan fingerprint density at radius 2 is 1.27 bits per heavy atom. The summed E-state index contributed by atoms with van der Waals surface area (Å²) >= 11 is 2.36. The lowest BCUT2D eigenvalue weighted by atomic mass is 9.88. The number of nitrogens with zero attached hydrogens (tertiary/aromatic N) is 1.